The molecule has 12 heteroatoms. The Bertz CT molecular complexity index is 555. The van der Waals surface area contributed by atoms with Gasteiger partial charge in [0, 0.05) is 0 Å². The summed E-state index contributed by atoms with van der Waals surface area (Å²) in [7, 11) is 0. The maximum Gasteiger partial charge on any atom is 0.311 e. The van der Waals surface area contributed by atoms with E-state index in [2.05, 4.69) is 0 Å². The summed E-state index contributed by atoms with van der Waals surface area (Å²) < 4.78 is 21.4. The first kappa shape index (κ1) is 25.3. The van der Waals surface area contributed by atoms with Crippen molar-refractivity contribution in [3.63, 3.8) is 0 Å². The maximum absolute atomic E-state index is 12.2. The molecule has 0 radical (unpaired) electrons. The molecule has 2 saturated heterocycles. The van der Waals surface area contributed by atoms with Crippen molar-refractivity contribution in [1.82, 2.24) is 0 Å². The zero-order valence-corrected chi connectivity index (χ0v) is 17.0. The van der Waals surface area contributed by atoms with Gasteiger partial charge in [-0.05, 0) is 20.8 Å². The summed E-state index contributed by atoms with van der Waals surface area (Å²) in [5, 5.41) is 69.8. The Morgan fingerprint density at radius 2 is 1.43 bits per heavy atom. The van der Waals surface area contributed by atoms with Crippen LogP contribution >= 0.6 is 0 Å². The summed E-state index contributed by atoms with van der Waals surface area (Å²) in [6, 6.07) is 0. The van der Waals surface area contributed by atoms with Crippen molar-refractivity contribution in [3.05, 3.63) is 0 Å². The molecule has 0 aromatic carbocycles. The predicted molar refractivity (Wildman–Crippen MR) is 96.8 cm³/mol. The molecule has 176 valence electrons. The fraction of sp³-hybridized carbons (Fsp3) is 0.944. The van der Waals surface area contributed by atoms with Gasteiger partial charge in [-0.25, -0.2) is 0 Å². The maximum atomic E-state index is 12.2. The Kier molecular flexibility index (Phi) is 8.94. The third-order valence-electron chi connectivity index (χ3n) is 5.26. The molecule has 0 aromatic rings. The third kappa shape index (κ3) is 5.27. The van der Waals surface area contributed by atoms with Crippen LogP contribution in [0.15, 0.2) is 0 Å². The molecular formula is C18H32O12. The van der Waals surface area contributed by atoms with E-state index in [-0.39, 0.29) is 0 Å². The lowest BCUT2D eigenvalue weighted by Gasteiger charge is -2.46. The van der Waals surface area contributed by atoms with Gasteiger partial charge in [-0.2, -0.15) is 0 Å². The Hall–Kier alpha value is -0.930. The largest absolute Gasteiger partial charge is 0.463 e. The highest BCUT2D eigenvalue weighted by Gasteiger charge is 2.52. The number of hydrogen-bond donors (Lipinski definition) is 7. The number of ether oxygens (including phenoxy) is 4. The SMILES string of the molecule is CC(C)OC(=O)C(C)C1O[C@H](CO)[C@@H](OC2O[C@H](CO)[C@H](O)[C@H](O)[C@H]2O)[C@H](O)[C@H]1O. The van der Waals surface area contributed by atoms with E-state index in [0.29, 0.717) is 0 Å². The fourth-order valence-corrected chi connectivity index (χ4v) is 3.51. The Morgan fingerprint density at radius 1 is 0.833 bits per heavy atom. The van der Waals surface area contributed by atoms with Gasteiger partial charge in [0.2, 0.25) is 0 Å². The molecule has 0 spiro atoms. The first-order valence-electron chi connectivity index (χ1n) is 9.82. The second kappa shape index (κ2) is 10.6. The molecule has 2 rings (SSSR count). The minimum absolute atomic E-state index is 0.401. The summed E-state index contributed by atoms with van der Waals surface area (Å²) in [4.78, 5) is 12.2. The predicted octanol–water partition coefficient (Wildman–Crippen LogP) is -3.76. The Balaban J connectivity index is 2.14. The highest BCUT2D eigenvalue weighted by Crippen LogP contribution is 2.31. The fourth-order valence-electron chi connectivity index (χ4n) is 3.51. The van der Waals surface area contributed by atoms with Gasteiger partial charge in [0.1, 0.15) is 48.8 Å². The molecule has 12 nitrogen and oxygen atoms in total. The van der Waals surface area contributed by atoms with Gasteiger partial charge >= 0.3 is 5.97 Å². The van der Waals surface area contributed by atoms with E-state index in [0.717, 1.165) is 0 Å². The molecule has 7 N–H and O–H groups in total. The van der Waals surface area contributed by atoms with Gasteiger partial charge in [0.05, 0.1) is 31.3 Å². The number of carbonyl (C=O) groups excluding carboxylic acids is 1. The zero-order valence-electron chi connectivity index (χ0n) is 17.0. The van der Waals surface area contributed by atoms with Crippen LogP contribution in [0, 0.1) is 5.92 Å². The van der Waals surface area contributed by atoms with E-state index in [1.807, 2.05) is 0 Å². The van der Waals surface area contributed by atoms with Gasteiger partial charge < -0.3 is 54.7 Å². The van der Waals surface area contributed by atoms with E-state index < -0.39 is 92.4 Å². The van der Waals surface area contributed by atoms with Crippen LogP contribution in [0.1, 0.15) is 20.8 Å². The first-order valence-corrected chi connectivity index (χ1v) is 9.82. The van der Waals surface area contributed by atoms with Gasteiger partial charge in [0.15, 0.2) is 6.29 Å². The average Bonchev–Trinajstić information content (AvgIpc) is 2.70. The van der Waals surface area contributed by atoms with Crippen LogP contribution in [-0.4, -0.2) is 122 Å². The second-order valence-corrected chi connectivity index (χ2v) is 7.88. The van der Waals surface area contributed by atoms with Crippen LogP contribution in [0.5, 0.6) is 0 Å². The van der Waals surface area contributed by atoms with E-state index in [9.17, 15) is 40.5 Å². The number of hydrogen-bond acceptors (Lipinski definition) is 12. The molecule has 0 aromatic heterocycles. The molecular weight excluding hydrogens is 408 g/mol. The average molecular weight is 440 g/mol. The van der Waals surface area contributed by atoms with Crippen molar-refractivity contribution in [2.45, 2.75) is 88.1 Å². The summed E-state index contributed by atoms with van der Waals surface area (Å²) in [6.45, 7) is 3.39. The molecule has 0 aliphatic carbocycles. The van der Waals surface area contributed by atoms with Crippen molar-refractivity contribution in [2.75, 3.05) is 13.2 Å². The highest BCUT2D eigenvalue weighted by molar-refractivity contribution is 5.73. The number of aliphatic hydroxyl groups excluding tert-OH is 7. The minimum atomic E-state index is -1.75. The summed E-state index contributed by atoms with van der Waals surface area (Å²) in [5.74, 6) is -1.63. The van der Waals surface area contributed by atoms with E-state index in [1.165, 1.54) is 6.92 Å². The smallest absolute Gasteiger partial charge is 0.311 e. The van der Waals surface area contributed by atoms with Crippen LogP contribution in [0.25, 0.3) is 0 Å². The standard InChI is InChI=1S/C18H32O12/c1-6(2)27-17(26)7(3)15-12(23)13(24)16(9(5-20)28-15)30-18-14(25)11(22)10(21)8(4-19)29-18/h6-16,18-25H,4-5H2,1-3H3/t7?,8-,9-,10+,11+,12-,13-,14-,15?,16-,18?/m1/s1. The van der Waals surface area contributed by atoms with Crippen molar-refractivity contribution in [2.24, 2.45) is 5.92 Å². The van der Waals surface area contributed by atoms with Crippen molar-refractivity contribution in [1.29, 1.82) is 0 Å². The second-order valence-electron chi connectivity index (χ2n) is 7.88. The number of rotatable bonds is 7. The van der Waals surface area contributed by atoms with Gasteiger partial charge in [-0.3, -0.25) is 4.79 Å². The molecule has 0 saturated carbocycles. The molecule has 0 amide bonds. The topological polar surface area (TPSA) is 196 Å². The van der Waals surface area contributed by atoms with Crippen LogP contribution < -0.4 is 0 Å². The van der Waals surface area contributed by atoms with Crippen LogP contribution in [0.3, 0.4) is 0 Å². The first-order chi connectivity index (χ1) is 14.0. The van der Waals surface area contributed by atoms with Crippen LogP contribution in [0.2, 0.25) is 0 Å². The Labute approximate surface area is 173 Å². The molecule has 2 aliphatic heterocycles. The van der Waals surface area contributed by atoms with E-state index >= 15 is 0 Å². The van der Waals surface area contributed by atoms with Gasteiger partial charge in [-0.15, -0.1) is 0 Å². The number of aliphatic hydroxyl groups is 7. The molecule has 30 heavy (non-hydrogen) atoms. The molecule has 11 atom stereocenters. The summed E-state index contributed by atoms with van der Waals surface area (Å²) in [5.41, 5.74) is 0. The lowest BCUT2D eigenvalue weighted by molar-refractivity contribution is -0.343. The normalized spacial score (nSPS) is 43.4. The molecule has 3 unspecified atom stereocenters. The van der Waals surface area contributed by atoms with E-state index in [4.69, 9.17) is 18.9 Å². The number of esters is 1. The number of carbonyl (C=O) groups is 1. The highest BCUT2D eigenvalue weighted by atomic mass is 16.7. The Morgan fingerprint density at radius 3 is 1.97 bits per heavy atom. The monoisotopic (exact) mass is 440 g/mol. The van der Waals surface area contributed by atoms with Gasteiger partial charge in [-0.1, -0.05) is 0 Å². The molecule has 2 aliphatic rings. The lowest BCUT2D eigenvalue weighted by atomic mass is 9.88. The van der Waals surface area contributed by atoms with Crippen molar-refractivity contribution in [3.8, 4) is 0 Å². The third-order valence-corrected chi connectivity index (χ3v) is 5.26. The molecule has 0 bridgehead atoms. The molecule has 2 heterocycles. The molecule has 2 fully saturated rings. The summed E-state index contributed by atoms with van der Waals surface area (Å²) in [6.07, 6.45) is -15.4. The zero-order chi connectivity index (χ0) is 22.7. The quantitative estimate of drug-likeness (QED) is 0.191. The lowest BCUT2D eigenvalue weighted by Crippen LogP contribution is -2.65. The van der Waals surface area contributed by atoms with Crippen molar-refractivity contribution >= 4 is 5.97 Å². The van der Waals surface area contributed by atoms with Crippen LogP contribution in [-0.2, 0) is 23.7 Å². The van der Waals surface area contributed by atoms with Crippen LogP contribution in [0.4, 0.5) is 0 Å². The van der Waals surface area contributed by atoms with Gasteiger partial charge in [0.25, 0.3) is 0 Å². The van der Waals surface area contributed by atoms with Crippen molar-refractivity contribution < 1.29 is 59.5 Å². The summed E-state index contributed by atoms with van der Waals surface area (Å²) >= 11 is 0. The minimum Gasteiger partial charge on any atom is -0.463 e. The van der Waals surface area contributed by atoms with E-state index in [1.54, 1.807) is 13.8 Å².